The van der Waals surface area contributed by atoms with E-state index in [2.05, 4.69) is 291 Å². The molecule has 1 spiro atoms. The second-order valence-electron chi connectivity index (χ2n) is 19.4. The Balaban J connectivity index is 1.09. The highest BCUT2D eigenvalue weighted by Crippen LogP contribution is 2.64. The summed E-state index contributed by atoms with van der Waals surface area (Å²) in [6.07, 6.45) is 0. The molecular weight excluding hydrogens is 877 g/mol. The van der Waals surface area contributed by atoms with Gasteiger partial charge in [-0.15, -0.1) is 0 Å². The van der Waals surface area contributed by atoms with E-state index in [1.807, 2.05) is 0 Å². The van der Waals surface area contributed by atoms with Crippen LogP contribution >= 0.6 is 0 Å². The predicted octanol–water partition coefficient (Wildman–Crippen LogP) is 19.4. The Hall–Kier alpha value is -9.36. The summed E-state index contributed by atoms with van der Waals surface area (Å²) in [6.45, 7) is 0. The quantitative estimate of drug-likeness (QED) is 0.142. The van der Waals surface area contributed by atoms with E-state index >= 15 is 0 Å². The van der Waals surface area contributed by atoms with Crippen LogP contribution in [-0.2, 0) is 5.41 Å². The monoisotopic (exact) mass is 924 g/mol. The molecule has 0 N–H and O–H groups in total. The van der Waals surface area contributed by atoms with Crippen molar-refractivity contribution in [1.29, 1.82) is 0 Å². The zero-order valence-corrected chi connectivity index (χ0v) is 40.2. The normalized spacial score (nSPS) is 12.5. The average Bonchev–Trinajstić information content (AvgIpc) is 3.95. The fraction of sp³-hybridized carbons (Fsp3) is 0.0137. The standard InChI is InChI=1S/C73H48/c1-7-23-49(24-8-1)57-43-45-59(51-27-11-3-12-28-51)71(69(57)53-31-15-5-16-32-53)55-39-41-63-64-42-40-56(48-68(64)73(67(63)47-55)65-37-21-19-35-61(65)62-36-20-22-38-66(62)73)72-60(52-29-13-4-14-30-52)46-44-58(50-25-9-2-10-26-50)70(72)54-33-17-6-18-34-54/h1-48H. The van der Waals surface area contributed by atoms with E-state index in [1.54, 1.807) is 0 Å². The Bertz CT molecular complexity index is 3760. The minimum atomic E-state index is -0.613. The molecular formula is C73H48. The third kappa shape index (κ3) is 6.76. The van der Waals surface area contributed by atoms with Crippen molar-refractivity contribution in [2.24, 2.45) is 0 Å². The van der Waals surface area contributed by atoms with Crippen LogP contribution in [0.1, 0.15) is 22.3 Å². The van der Waals surface area contributed by atoms with Crippen molar-refractivity contribution < 1.29 is 0 Å². The summed E-state index contributed by atoms with van der Waals surface area (Å²) in [4.78, 5) is 0. The van der Waals surface area contributed by atoms with Gasteiger partial charge < -0.3 is 0 Å². The van der Waals surface area contributed by atoms with Gasteiger partial charge in [0.05, 0.1) is 5.41 Å². The Morgan fingerprint density at radius 2 is 0.384 bits per heavy atom. The van der Waals surface area contributed by atoms with Crippen LogP contribution < -0.4 is 0 Å². The summed E-state index contributed by atoms with van der Waals surface area (Å²) in [5.74, 6) is 0. The molecule has 14 rings (SSSR count). The Morgan fingerprint density at radius 1 is 0.151 bits per heavy atom. The lowest BCUT2D eigenvalue weighted by atomic mass is 9.69. The van der Waals surface area contributed by atoms with Gasteiger partial charge in [0.1, 0.15) is 0 Å². The highest BCUT2D eigenvalue weighted by Gasteiger charge is 2.52. The van der Waals surface area contributed by atoms with Crippen LogP contribution in [0.4, 0.5) is 0 Å². The lowest BCUT2D eigenvalue weighted by Crippen LogP contribution is -2.26. The first-order valence-corrected chi connectivity index (χ1v) is 25.4. The molecule has 0 radical (unpaired) electrons. The van der Waals surface area contributed by atoms with Crippen LogP contribution in [0.25, 0.3) is 111 Å². The number of hydrogen-bond acceptors (Lipinski definition) is 0. The van der Waals surface area contributed by atoms with E-state index in [1.165, 1.54) is 134 Å². The molecule has 340 valence electrons. The van der Waals surface area contributed by atoms with Crippen molar-refractivity contribution in [2.45, 2.75) is 5.41 Å². The van der Waals surface area contributed by atoms with E-state index in [4.69, 9.17) is 0 Å². The number of rotatable bonds is 8. The first-order valence-electron chi connectivity index (χ1n) is 25.4. The molecule has 0 fully saturated rings. The van der Waals surface area contributed by atoms with Crippen molar-refractivity contribution >= 4 is 0 Å². The summed E-state index contributed by atoms with van der Waals surface area (Å²) in [6, 6.07) is 108. The lowest BCUT2D eigenvalue weighted by Gasteiger charge is -2.31. The molecule has 0 amide bonds. The van der Waals surface area contributed by atoms with Crippen molar-refractivity contribution in [3.63, 3.8) is 0 Å². The molecule has 2 aliphatic carbocycles. The van der Waals surface area contributed by atoms with E-state index in [-0.39, 0.29) is 0 Å². The zero-order chi connectivity index (χ0) is 48.3. The minimum Gasteiger partial charge on any atom is -0.0622 e. The fourth-order valence-electron chi connectivity index (χ4n) is 12.5. The third-order valence-electron chi connectivity index (χ3n) is 15.5. The van der Waals surface area contributed by atoms with Gasteiger partial charge in [0, 0.05) is 0 Å². The highest BCUT2D eigenvalue weighted by molar-refractivity contribution is 6.06. The first-order chi connectivity index (χ1) is 36.3. The third-order valence-corrected chi connectivity index (χ3v) is 15.5. The van der Waals surface area contributed by atoms with Gasteiger partial charge in [-0.05, 0) is 146 Å². The van der Waals surface area contributed by atoms with Crippen molar-refractivity contribution in [1.82, 2.24) is 0 Å². The number of fused-ring (bicyclic) bond motifs is 10. The second-order valence-corrected chi connectivity index (χ2v) is 19.4. The molecule has 73 heavy (non-hydrogen) atoms. The van der Waals surface area contributed by atoms with Gasteiger partial charge in [0.15, 0.2) is 0 Å². The zero-order valence-electron chi connectivity index (χ0n) is 40.2. The van der Waals surface area contributed by atoms with E-state index < -0.39 is 5.41 Å². The molecule has 0 nitrogen and oxygen atoms in total. The fourth-order valence-corrected chi connectivity index (χ4v) is 12.5. The topological polar surface area (TPSA) is 0 Å². The summed E-state index contributed by atoms with van der Waals surface area (Å²) < 4.78 is 0. The highest BCUT2D eigenvalue weighted by atomic mass is 14.5. The SMILES string of the molecule is c1ccc(-c2ccc(-c3ccccc3)c(-c3ccc4c(c3)C3(c5ccccc5-c5ccccc53)c3cc(-c5c(-c6ccccc6)ccc(-c6ccccc6)c5-c5ccccc5)ccc3-4)c2-c2ccccc2)cc1. The maximum absolute atomic E-state index is 2.57. The summed E-state index contributed by atoms with van der Waals surface area (Å²) in [7, 11) is 0. The van der Waals surface area contributed by atoms with Gasteiger partial charge >= 0.3 is 0 Å². The maximum Gasteiger partial charge on any atom is 0.0725 e. The molecule has 0 heteroatoms. The van der Waals surface area contributed by atoms with Gasteiger partial charge in [-0.2, -0.15) is 0 Å². The molecule has 0 atom stereocenters. The Kier molecular flexibility index (Phi) is 10.2. The van der Waals surface area contributed by atoms with Crippen LogP contribution in [0.3, 0.4) is 0 Å². The molecule has 12 aromatic carbocycles. The minimum absolute atomic E-state index is 0.613. The van der Waals surface area contributed by atoms with Crippen LogP contribution in [0.2, 0.25) is 0 Å². The molecule has 0 aliphatic heterocycles. The number of hydrogen-bond donors (Lipinski definition) is 0. The molecule has 0 saturated carbocycles. The molecule has 0 aromatic heterocycles. The lowest BCUT2D eigenvalue weighted by molar-refractivity contribution is 0.794. The van der Waals surface area contributed by atoms with Gasteiger partial charge in [0.2, 0.25) is 0 Å². The van der Waals surface area contributed by atoms with Crippen molar-refractivity contribution in [3.05, 3.63) is 313 Å². The van der Waals surface area contributed by atoms with Crippen LogP contribution in [0.5, 0.6) is 0 Å². The van der Waals surface area contributed by atoms with Crippen molar-refractivity contribution in [2.75, 3.05) is 0 Å². The molecule has 0 heterocycles. The second kappa shape index (κ2) is 17.5. The summed E-state index contributed by atoms with van der Waals surface area (Å²) in [5, 5.41) is 0. The molecule has 0 unspecified atom stereocenters. The van der Waals surface area contributed by atoms with Gasteiger partial charge in [-0.25, -0.2) is 0 Å². The van der Waals surface area contributed by atoms with Gasteiger partial charge in [-0.3, -0.25) is 0 Å². The van der Waals surface area contributed by atoms with Crippen molar-refractivity contribution in [3.8, 4) is 111 Å². The predicted molar refractivity (Wildman–Crippen MR) is 306 cm³/mol. The number of benzene rings is 12. The average molecular weight is 925 g/mol. The van der Waals surface area contributed by atoms with E-state index in [9.17, 15) is 0 Å². The molecule has 12 aromatic rings. The molecule has 0 saturated heterocycles. The van der Waals surface area contributed by atoms with Crippen LogP contribution in [0.15, 0.2) is 291 Å². The van der Waals surface area contributed by atoms with Gasteiger partial charge in [0.25, 0.3) is 0 Å². The summed E-state index contributed by atoms with van der Waals surface area (Å²) in [5.41, 5.74) is 29.0. The van der Waals surface area contributed by atoms with Crippen LogP contribution in [0, 0.1) is 0 Å². The Labute approximate surface area is 427 Å². The molecule has 0 bridgehead atoms. The van der Waals surface area contributed by atoms with E-state index in [0.29, 0.717) is 0 Å². The summed E-state index contributed by atoms with van der Waals surface area (Å²) >= 11 is 0. The maximum atomic E-state index is 2.57. The van der Waals surface area contributed by atoms with Gasteiger partial charge in [-0.1, -0.05) is 279 Å². The van der Waals surface area contributed by atoms with Crippen LogP contribution in [-0.4, -0.2) is 0 Å². The molecule has 2 aliphatic rings. The first kappa shape index (κ1) is 42.5. The smallest absolute Gasteiger partial charge is 0.0622 e. The Morgan fingerprint density at radius 3 is 0.699 bits per heavy atom. The largest absolute Gasteiger partial charge is 0.0725 e. The van der Waals surface area contributed by atoms with E-state index in [0.717, 1.165) is 0 Å².